The van der Waals surface area contributed by atoms with Crippen molar-refractivity contribution in [2.24, 2.45) is 0 Å². The second-order valence-electron chi connectivity index (χ2n) is 2.06. The molecule has 0 spiro atoms. The maximum atomic E-state index is 10.3. The zero-order chi connectivity index (χ0) is 9.50. The molecule has 0 atom stereocenters. The van der Waals surface area contributed by atoms with Gasteiger partial charge in [-0.15, -0.1) is 0 Å². The van der Waals surface area contributed by atoms with Gasteiger partial charge in [-0.1, -0.05) is 0 Å². The van der Waals surface area contributed by atoms with Crippen LogP contribution in [0.25, 0.3) is 0 Å². The van der Waals surface area contributed by atoms with E-state index in [1.165, 1.54) is 0 Å². The van der Waals surface area contributed by atoms with Crippen LogP contribution in [0.15, 0.2) is 0 Å². The van der Waals surface area contributed by atoms with Crippen LogP contribution >= 0.6 is 15.2 Å². The summed E-state index contributed by atoms with van der Waals surface area (Å²) in [4.78, 5) is 33.0. The van der Waals surface area contributed by atoms with Gasteiger partial charge in [-0.05, 0) is 6.92 Å². The van der Waals surface area contributed by atoms with Gasteiger partial charge in [-0.3, -0.25) is 9.13 Å². The fraction of sp³-hybridized carbons (Fsp3) is 1.00. The van der Waals surface area contributed by atoms with Crippen molar-refractivity contribution in [3.63, 3.8) is 0 Å². The van der Waals surface area contributed by atoms with Crippen molar-refractivity contribution in [1.29, 1.82) is 0 Å². The predicted octanol–water partition coefficient (Wildman–Crippen LogP) is -12.5. The fourth-order valence-corrected chi connectivity index (χ4v) is 1.53. The summed E-state index contributed by atoms with van der Waals surface area (Å²) in [5.74, 6) is 0. The molecule has 13 heteroatoms. The van der Waals surface area contributed by atoms with E-state index in [4.69, 9.17) is 24.7 Å². The summed E-state index contributed by atoms with van der Waals surface area (Å²) in [5.41, 5.74) is 0. The average molecular weight is 302 g/mol. The van der Waals surface area contributed by atoms with Crippen molar-refractivity contribution in [3.05, 3.63) is 0 Å². The van der Waals surface area contributed by atoms with Gasteiger partial charge in [0, 0.05) is 0 Å². The monoisotopic (exact) mass is 302 g/mol. The molecule has 76 valence electrons. The minimum absolute atomic E-state index is 0. The molecule has 0 unspecified atom stereocenters. The Labute approximate surface area is 182 Å². The van der Waals surface area contributed by atoms with Gasteiger partial charge in [-0.2, -0.15) is 0 Å². The summed E-state index contributed by atoms with van der Waals surface area (Å²) in [6.45, 7) is 0.383. The zero-order valence-corrected chi connectivity index (χ0v) is 19.2. The molecule has 0 saturated carbocycles. The molecule has 0 aliphatic heterocycles. The van der Waals surface area contributed by atoms with E-state index in [9.17, 15) is 9.13 Å². The smallest absolute Gasteiger partial charge is 1.00 e. The van der Waals surface area contributed by atoms with Crippen LogP contribution in [0.2, 0.25) is 0 Å². The molecule has 0 aromatic heterocycles. The van der Waals surface area contributed by atoms with Crippen LogP contribution in [-0.2, 0) is 9.13 Å². The van der Waals surface area contributed by atoms with Crippen molar-refractivity contribution in [2.45, 2.75) is 12.0 Å². The first-order valence-corrected chi connectivity index (χ1v) is 5.56. The fourth-order valence-electron chi connectivity index (χ4n) is 0.170. The Kier molecular flexibility index (Phi) is 23.1. The minimum Gasteiger partial charge on any atom is -1.00 e. The number of hydrogen-bond donors (Lipinski definition) is 5. The van der Waals surface area contributed by atoms with Gasteiger partial charge in [0.1, 0.15) is 0 Å². The van der Waals surface area contributed by atoms with Crippen molar-refractivity contribution in [1.82, 2.24) is 0 Å². The van der Waals surface area contributed by atoms with Gasteiger partial charge >= 0.3 is 133 Å². The maximum Gasteiger partial charge on any atom is 1.00 e. The first-order chi connectivity index (χ1) is 4.50. The van der Waals surface area contributed by atoms with Gasteiger partial charge in [-0.25, -0.2) is 0 Å². The van der Waals surface area contributed by atoms with Crippen LogP contribution in [-0.4, -0.2) is 29.8 Å². The third kappa shape index (κ3) is 9.74. The van der Waals surface area contributed by atoms with Crippen LogP contribution in [0.3, 0.4) is 0 Å². The molecule has 0 heterocycles. The number of aliphatic hydroxyl groups is 1. The van der Waals surface area contributed by atoms with Gasteiger partial charge in [0.15, 0.2) is 0 Å². The Morgan fingerprint density at radius 3 is 1.00 bits per heavy atom. The van der Waals surface area contributed by atoms with Gasteiger partial charge in [0.2, 0.25) is 0 Å². The summed E-state index contributed by atoms with van der Waals surface area (Å²) >= 11 is 0. The number of hydrogen-bond acceptors (Lipinski definition) is 3. The molecule has 0 radical (unpaired) electrons. The van der Waals surface area contributed by atoms with E-state index in [0.717, 1.165) is 0 Å². The second kappa shape index (κ2) is 11.0. The van der Waals surface area contributed by atoms with E-state index >= 15 is 0 Å². The topological polar surface area (TPSA) is 135 Å². The van der Waals surface area contributed by atoms with Crippen LogP contribution in [0.4, 0.5) is 0 Å². The van der Waals surface area contributed by atoms with E-state index in [0.29, 0.717) is 6.92 Å². The molecule has 0 saturated heterocycles. The molecular formula is C2H12Na4O7P2. The third-order valence-corrected chi connectivity index (χ3v) is 4.87. The number of rotatable bonds is 2. The summed E-state index contributed by atoms with van der Waals surface area (Å²) in [6.07, 6.45) is 0. The van der Waals surface area contributed by atoms with E-state index in [1.54, 1.807) is 0 Å². The first kappa shape index (κ1) is 31.6. The summed E-state index contributed by atoms with van der Waals surface area (Å²) in [5, 5.41) is 5.37. The largest absolute Gasteiger partial charge is 1.00 e. The molecule has 0 amide bonds. The molecule has 0 fully saturated rings. The standard InChI is InChI=1S/C2H8O7P2.4Na.4H/c1-2(3,10(4,5)6)11(7,8)9;;;;;;;;/h3H,1H3,(H2,4,5,6)(H2,7,8,9);;;;;;;;/q;4*+1;4*-1. The molecule has 15 heavy (non-hydrogen) atoms. The van der Waals surface area contributed by atoms with Crippen LogP contribution in [0.5, 0.6) is 0 Å². The normalized spacial score (nSPS) is 11.1. The van der Waals surface area contributed by atoms with Crippen LogP contribution < -0.4 is 118 Å². The van der Waals surface area contributed by atoms with Crippen molar-refractivity contribution >= 4 is 15.2 Å². The molecule has 0 rings (SSSR count). The summed E-state index contributed by atoms with van der Waals surface area (Å²) < 4.78 is 20.5. The summed E-state index contributed by atoms with van der Waals surface area (Å²) in [6, 6.07) is 0. The minimum atomic E-state index is -5.20. The quantitative estimate of drug-likeness (QED) is 0.252. The van der Waals surface area contributed by atoms with Gasteiger partial charge < -0.3 is 30.4 Å². The molecule has 7 nitrogen and oxygen atoms in total. The van der Waals surface area contributed by atoms with Crippen LogP contribution in [0.1, 0.15) is 12.6 Å². The van der Waals surface area contributed by atoms with Crippen molar-refractivity contribution in [3.8, 4) is 0 Å². The molecule has 0 aliphatic carbocycles. The first-order valence-electron chi connectivity index (χ1n) is 2.34. The van der Waals surface area contributed by atoms with Crippen LogP contribution in [0, 0.1) is 0 Å². The summed E-state index contributed by atoms with van der Waals surface area (Å²) in [7, 11) is -10.4. The third-order valence-electron chi connectivity index (χ3n) is 1.10. The van der Waals surface area contributed by atoms with Gasteiger partial charge in [0.25, 0.3) is 5.08 Å². The second-order valence-corrected chi connectivity index (χ2v) is 6.33. The molecule has 0 aromatic carbocycles. The van der Waals surface area contributed by atoms with E-state index in [1.807, 2.05) is 0 Å². The predicted molar refractivity (Wildman–Crippen MR) is 39.2 cm³/mol. The molecule has 0 aromatic rings. The molecule has 0 bridgehead atoms. The van der Waals surface area contributed by atoms with E-state index in [-0.39, 0.29) is 124 Å². The van der Waals surface area contributed by atoms with Gasteiger partial charge in [0.05, 0.1) is 0 Å². The SMILES string of the molecule is CC(O)(P(=O)(O)O)P(=O)(O)O.[H-].[H-].[H-].[H-].[Na+].[Na+].[Na+].[Na+]. The maximum absolute atomic E-state index is 10.3. The Balaban J connectivity index is -0.0000000179. The average Bonchev–Trinajstić information content (AvgIpc) is 1.58. The molecular weight excluding hydrogens is 290 g/mol. The molecule has 5 N–H and O–H groups in total. The Bertz CT molecular complexity index is 233. The van der Waals surface area contributed by atoms with E-state index in [2.05, 4.69) is 0 Å². The Morgan fingerprint density at radius 1 is 0.867 bits per heavy atom. The molecule has 0 aliphatic rings. The Hall–Kier alpha value is 4.26. The van der Waals surface area contributed by atoms with E-state index < -0.39 is 20.3 Å². The zero-order valence-electron chi connectivity index (χ0n) is 13.4. The van der Waals surface area contributed by atoms with Crippen molar-refractivity contribution < 1.29 is 158 Å². The Morgan fingerprint density at radius 2 is 1.00 bits per heavy atom. The van der Waals surface area contributed by atoms with Crippen molar-refractivity contribution in [2.75, 3.05) is 0 Å².